The van der Waals surface area contributed by atoms with Crippen molar-refractivity contribution in [3.05, 3.63) is 54.4 Å². The third kappa shape index (κ3) is 2.58. The predicted octanol–water partition coefficient (Wildman–Crippen LogP) is 1.83. The Labute approximate surface area is 139 Å². The number of likely N-dealkylation sites (tertiary alicyclic amines) is 1. The van der Waals surface area contributed by atoms with Crippen LogP contribution in [0.5, 0.6) is 0 Å². The molecule has 0 saturated carbocycles. The number of aromatic amines is 1. The fourth-order valence-corrected chi connectivity index (χ4v) is 3.22. The van der Waals surface area contributed by atoms with Gasteiger partial charge in [-0.25, -0.2) is 9.97 Å². The number of nitrogens with one attached hydrogen (secondary N) is 1. The van der Waals surface area contributed by atoms with Crippen molar-refractivity contribution >= 4 is 5.91 Å². The fraction of sp³-hybridized carbons (Fsp3) is 0.294. The zero-order valence-electron chi connectivity index (χ0n) is 13.4. The van der Waals surface area contributed by atoms with Gasteiger partial charge in [0.25, 0.3) is 5.91 Å². The maximum absolute atomic E-state index is 12.7. The summed E-state index contributed by atoms with van der Waals surface area (Å²) in [4.78, 5) is 23.1. The van der Waals surface area contributed by atoms with Crippen molar-refractivity contribution in [2.45, 2.75) is 12.3 Å². The molecule has 1 saturated heterocycles. The maximum atomic E-state index is 12.7. The molecule has 1 aromatic carbocycles. The highest BCUT2D eigenvalue weighted by Crippen LogP contribution is 2.27. The van der Waals surface area contributed by atoms with Gasteiger partial charge in [0.15, 0.2) is 5.82 Å². The lowest BCUT2D eigenvalue weighted by Gasteiger charge is -2.16. The summed E-state index contributed by atoms with van der Waals surface area (Å²) in [6.07, 6.45) is 6.17. The Morgan fingerprint density at radius 3 is 2.75 bits per heavy atom. The van der Waals surface area contributed by atoms with Crippen molar-refractivity contribution in [3.63, 3.8) is 0 Å². The summed E-state index contributed by atoms with van der Waals surface area (Å²) in [7, 11) is 2.00. The molecule has 24 heavy (non-hydrogen) atoms. The van der Waals surface area contributed by atoms with Crippen LogP contribution in [0, 0.1) is 0 Å². The van der Waals surface area contributed by atoms with Crippen LogP contribution in [0.15, 0.2) is 43.0 Å². The third-order valence-corrected chi connectivity index (χ3v) is 4.52. The lowest BCUT2D eigenvalue weighted by molar-refractivity contribution is 0.0790. The van der Waals surface area contributed by atoms with Gasteiger partial charge in [0.1, 0.15) is 12.2 Å². The molecule has 2 aromatic heterocycles. The average Bonchev–Trinajstić information content (AvgIpc) is 3.35. The van der Waals surface area contributed by atoms with Crippen LogP contribution in [0.3, 0.4) is 0 Å². The zero-order valence-corrected chi connectivity index (χ0v) is 13.4. The Kier molecular flexibility index (Phi) is 3.60. The molecule has 3 heterocycles. The Balaban J connectivity index is 1.47. The summed E-state index contributed by atoms with van der Waals surface area (Å²) < 4.78 is 2.03. The van der Waals surface area contributed by atoms with E-state index in [4.69, 9.17) is 0 Å². The highest BCUT2D eigenvalue weighted by atomic mass is 16.2. The molecule has 1 fully saturated rings. The van der Waals surface area contributed by atoms with E-state index in [1.807, 2.05) is 53.2 Å². The zero-order chi connectivity index (χ0) is 16.5. The second-order valence-corrected chi connectivity index (χ2v) is 6.04. The Bertz CT molecular complexity index is 836. The van der Waals surface area contributed by atoms with Crippen LogP contribution < -0.4 is 0 Å². The molecule has 1 amide bonds. The molecule has 1 aliphatic rings. The highest BCUT2D eigenvalue weighted by Gasteiger charge is 2.30. The van der Waals surface area contributed by atoms with E-state index in [-0.39, 0.29) is 5.91 Å². The van der Waals surface area contributed by atoms with Crippen molar-refractivity contribution in [2.75, 3.05) is 13.1 Å². The van der Waals surface area contributed by atoms with E-state index in [1.54, 1.807) is 0 Å². The van der Waals surface area contributed by atoms with E-state index in [0.29, 0.717) is 23.9 Å². The van der Waals surface area contributed by atoms with Gasteiger partial charge in [0.2, 0.25) is 0 Å². The van der Waals surface area contributed by atoms with Crippen LogP contribution in [0.25, 0.3) is 11.4 Å². The largest absolute Gasteiger partial charge is 0.338 e. The van der Waals surface area contributed by atoms with Gasteiger partial charge in [-0.3, -0.25) is 9.89 Å². The number of aromatic nitrogens is 5. The number of aryl methyl sites for hydroxylation is 1. The van der Waals surface area contributed by atoms with Crippen molar-refractivity contribution < 1.29 is 4.79 Å². The molecule has 1 N–H and O–H groups in total. The van der Waals surface area contributed by atoms with Gasteiger partial charge in [-0.15, -0.1) is 0 Å². The van der Waals surface area contributed by atoms with Crippen LogP contribution in [0.1, 0.15) is 28.5 Å². The summed E-state index contributed by atoms with van der Waals surface area (Å²) in [6, 6.07) is 7.46. The molecule has 0 aliphatic carbocycles. The van der Waals surface area contributed by atoms with Crippen LogP contribution in [0.4, 0.5) is 0 Å². The number of hydrogen-bond acceptors (Lipinski definition) is 4. The summed E-state index contributed by atoms with van der Waals surface area (Å²) >= 11 is 0. The monoisotopic (exact) mass is 322 g/mol. The number of benzene rings is 1. The number of amides is 1. The van der Waals surface area contributed by atoms with E-state index in [1.165, 1.54) is 6.33 Å². The molecule has 7 nitrogen and oxygen atoms in total. The molecule has 122 valence electrons. The smallest absolute Gasteiger partial charge is 0.253 e. The number of carbonyl (C=O) groups excluding carboxylic acids is 1. The first kappa shape index (κ1) is 14.6. The van der Waals surface area contributed by atoms with Gasteiger partial charge in [-0.05, 0) is 18.6 Å². The van der Waals surface area contributed by atoms with E-state index in [0.717, 1.165) is 24.4 Å². The van der Waals surface area contributed by atoms with Crippen LogP contribution in [-0.4, -0.2) is 48.6 Å². The Morgan fingerprint density at radius 2 is 2.08 bits per heavy atom. The quantitative estimate of drug-likeness (QED) is 0.798. The van der Waals surface area contributed by atoms with E-state index < -0.39 is 0 Å². The number of imidazole rings is 1. The van der Waals surface area contributed by atoms with E-state index in [9.17, 15) is 4.79 Å². The van der Waals surface area contributed by atoms with Gasteiger partial charge < -0.3 is 9.47 Å². The first-order valence-corrected chi connectivity index (χ1v) is 7.94. The first-order chi connectivity index (χ1) is 11.7. The lowest BCUT2D eigenvalue weighted by Crippen LogP contribution is -2.28. The summed E-state index contributed by atoms with van der Waals surface area (Å²) in [5.74, 6) is 2.12. The van der Waals surface area contributed by atoms with Gasteiger partial charge in [0, 0.05) is 49.6 Å². The summed E-state index contributed by atoms with van der Waals surface area (Å²) in [5, 5.41) is 6.66. The van der Waals surface area contributed by atoms with Crippen LogP contribution in [0.2, 0.25) is 0 Å². The highest BCUT2D eigenvalue weighted by molar-refractivity contribution is 5.94. The normalized spacial score (nSPS) is 17.4. The Morgan fingerprint density at radius 1 is 1.25 bits per heavy atom. The SMILES string of the molecule is Cn1ccnc1C1CCN(C(=O)c2ccc(-c3ncn[nH]3)cc2)C1. The molecule has 1 atom stereocenters. The molecule has 0 radical (unpaired) electrons. The molecule has 4 rings (SSSR count). The third-order valence-electron chi connectivity index (χ3n) is 4.52. The number of H-pyrrole nitrogens is 1. The van der Waals surface area contributed by atoms with E-state index in [2.05, 4.69) is 20.2 Å². The lowest BCUT2D eigenvalue weighted by atomic mass is 10.1. The van der Waals surface area contributed by atoms with Crippen molar-refractivity contribution in [1.82, 2.24) is 29.6 Å². The Hall–Kier alpha value is -2.96. The van der Waals surface area contributed by atoms with Crippen LogP contribution in [-0.2, 0) is 7.05 Å². The summed E-state index contributed by atoms with van der Waals surface area (Å²) in [6.45, 7) is 1.48. The minimum absolute atomic E-state index is 0.0656. The molecule has 0 bridgehead atoms. The molecular formula is C17H18N6O. The predicted molar refractivity (Wildman–Crippen MR) is 88.3 cm³/mol. The molecule has 3 aromatic rings. The average molecular weight is 322 g/mol. The number of nitrogens with zero attached hydrogens (tertiary/aromatic N) is 5. The topological polar surface area (TPSA) is 79.7 Å². The van der Waals surface area contributed by atoms with Crippen molar-refractivity contribution in [1.29, 1.82) is 0 Å². The minimum Gasteiger partial charge on any atom is -0.338 e. The van der Waals surface area contributed by atoms with Crippen molar-refractivity contribution in [2.24, 2.45) is 7.05 Å². The first-order valence-electron chi connectivity index (χ1n) is 7.94. The minimum atomic E-state index is 0.0656. The van der Waals surface area contributed by atoms with Crippen molar-refractivity contribution in [3.8, 4) is 11.4 Å². The number of rotatable bonds is 3. The van der Waals surface area contributed by atoms with Gasteiger partial charge in [0.05, 0.1) is 0 Å². The van der Waals surface area contributed by atoms with E-state index >= 15 is 0 Å². The number of hydrogen-bond donors (Lipinski definition) is 1. The molecule has 0 spiro atoms. The van der Waals surface area contributed by atoms with Gasteiger partial charge in [-0.1, -0.05) is 12.1 Å². The fourth-order valence-electron chi connectivity index (χ4n) is 3.22. The standard InChI is InChI=1S/C17H18N6O/c1-22-9-7-18-16(22)14-6-8-23(10-14)17(24)13-4-2-12(3-5-13)15-19-11-20-21-15/h2-5,7,9,11,14H,6,8,10H2,1H3,(H,19,20,21). The number of carbonyl (C=O) groups is 1. The van der Waals surface area contributed by atoms with Gasteiger partial charge in [-0.2, -0.15) is 5.10 Å². The van der Waals surface area contributed by atoms with Crippen LogP contribution >= 0.6 is 0 Å². The second kappa shape index (κ2) is 5.92. The molecular weight excluding hydrogens is 304 g/mol. The second-order valence-electron chi connectivity index (χ2n) is 6.04. The van der Waals surface area contributed by atoms with Gasteiger partial charge >= 0.3 is 0 Å². The summed E-state index contributed by atoms with van der Waals surface area (Å²) in [5.41, 5.74) is 1.61. The molecule has 1 unspecified atom stereocenters. The molecule has 1 aliphatic heterocycles. The maximum Gasteiger partial charge on any atom is 0.253 e. The molecule has 7 heteroatoms.